The number of hydrogen-bond acceptors (Lipinski definition) is 0. The van der Waals surface area contributed by atoms with Gasteiger partial charge in [-0.15, -0.1) is 6.58 Å². The molecule has 0 saturated heterocycles. The van der Waals surface area contributed by atoms with Crippen LogP contribution < -0.4 is 0 Å². The molecular formula is C11H20. The van der Waals surface area contributed by atoms with Crippen LogP contribution in [0.3, 0.4) is 0 Å². The van der Waals surface area contributed by atoms with Crippen molar-refractivity contribution < 1.29 is 0 Å². The molecule has 0 heterocycles. The van der Waals surface area contributed by atoms with Crippen molar-refractivity contribution in [3.8, 4) is 0 Å². The summed E-state index contributed by atoms with van der Waals surface area (Å²) in [6, 6.07) is 0. The highest BCUT2D eigenvalue weighted by Gasteiger charge is 1.99. The van der Waals surface area contributed by atoms with E-state index in [1.165, 1.54) is 12.8 Å². The van der Waals surface area contributed by atoms with Crippen molar-refractivity contribution in [1.29, 1.82) is 0 Å². The maximum absolute atomic E-state index is 3.77. The fraction of sp³-hybridized carbons (Fsp3) is 0.636. The second kappa shape index (κ2) is 6.21. The molecule has 0 aliphatic rings. The minimum Gasteiger partial charge on any atom is -0.103 e. The Kier molecular flexibility index (Phi) is 5.91. The highest BCUT2D eigenvalue weighted by molar-refractivity contribution is 4.84. The van der Waals surface area contributed by atoms with E-state index in [9.17, 15) is 0 Å². The average molecular weight is 152 g/mol. The van der Waals surface area contributed by atoms with Crippen molar-refractivity contribution in [2.24, 2.45) is 11.8 Å². The summed E-state index contributed by atoms with van der Waals surface area (Å²) in [5, 5.41) is 0. The third-order valence-electron chi connectivity index (χ3n) is 2.00. The first-order valence-electron chi connectivity index (χ1n) is 4.46. The van der Waals surface area contributed by atoms with Crippen molar-refractivity contribution >= 4 is 0 Å². The Morgan fingerprint density at radius 3 is 2.18 bits per heavy atom. The van der Waals surface area contributed by atoms with Crippen molar-refractivity contribution in [1.82, 2.24) is 0 Å². The predicted molar refractivity (Wildman–Crippen MR) is 52.6 cm³/mol. The van der Waals surface area contributed by atoms with Gasteiger partial charge in [0.2, 0.25) is 0 Å². The van der Waals surface area contributed by atoms with E-state index in [0.717, 1.165) is 5.92 Å². The topological polar surface area (TPSA) is 0 Å². The van der Waals surface area contributed by atoms with Gasteiger partial charge in [0, 0.05) is 0 Å². The summed E-state index contributed by atoms with van der Waals surface area (Å²) in [5.41, 5.74) is 0. The zero-order valence-electron chi connectivity index (χ0n) is 8.01. The molecule has 0 amide bonds. The van der Waals surface area contributed by atoms with Crippen LogP contribution in [0.25, 0.3) is 0 Å². The molecule has 0 aliphatic heterocycles. The SMILES string of the molecule is C=CC(C)CCC(C)/C=C/C. The van der Waals surface area contributed by atoms with Crippen LogP contribution in [-0.2, 0) is 0 Å². The minimum atomic E-state index is 0.669. The molecule has 0 aromatic rings. The van der Waals surface area contributed by atoms with Crippen LogP contribution in [0, 0.1) is 11.8 Å². The van der Waals surface area contributed by atoms with Crippen LogP contribution in [-0.4, -0.2) is 0 Å². The normalized spacial score (nSPS) is 16.6. The van der Waals surface area contributed by atoms with E-state index in [1.54, 1.807) is 0 Å². The van der Waals surface area contributed by atoms with Crippen LogP contribution >= 0.6 is 0 Å². The summed E-state index contributed by atoms with van der Waals surface area (Å²) in [5.74, 6) is 1.39. The lowest BCUT2D eigenvalue weighted by Crippen LogP contribution is -1.94. The van der Waals surface area contributed by atoms with Gasteiger partial charge in [0.25, 0.3) is 0 Å². The van der Waals surface area contributed by atoms with Gasteiger partial charge in [-0.25, -0.2) is 0 Å². The molecule has 0 bridgehead atoms. The average Bonchev–Trinajstić information content (AvgIpc) is 2.01. The zero-order chi connectivity index (χ0) is 8.69. The van der Waals surface area contributed by atoms with E-state index in [2.05, 4.69) is 39.5 Å². The molecule has 2 atom stereocenters. The van der Waals surface area contributed by atoms with Gasteiger partial charge in [0.05, 0.1) is 0 Å². The van der Waals surface area contributed by atoms with E-state index < -0.39 is 0 Å². The molecular weight excluding hydrogens is 132 g/mol. The maximum Gasteiger partial charge on any atom is -0.0262 e. The molecule has 2 unspecified atom stereocenters. The molecule has 0 spiro atoms. The molecule has 0 saturated carbocycles. The van der Waals surface area contributed by atoms with Gasteiger partial charge in [-0.1, -0.05) is 32.1 Å². The van der Waals surface area contributed by atoms with Crippen LogP contribution in [0.5, 0.6) is 0 Å². The Balaban J connectivity index is 3.44. The van der Waals surface area contributed by atoms with Crippen LogP contribution in [0.15, 0.2) is 24.8 Å². The molecule has 0 aromatic heterocycles. The van der Waals surface area contributed by atoms with E-state index in [4.69, 9.17) is 0 Å². The number of rotatable bonds is 5. The highest BCUT2D eigenvalue weighted by atomic mass is 14.0. The predicted octanol–water partition coefficient (Wildman–Crippen LogP) is 3.80. The smallest absolute Gasteiger partial charge is 0.0262 e. The summed E-state index contributed by atoms with van der Waals surface area (Å²) >= 11 is 0. The summed E-state index contributed by atoms with van der Waals surface area (Å²) < 4.78 is 0. The van der Waals surface area contributed by atoms with Gasteiger partial charge in [0.15, 0.2) is 0 Å². The van der Waals surface area contributed by atoms with E-state index in [1.807, 2.05) is 6.08 Å². The summed E-state index contributed by atoms with van der Waals surface area (Å²) in [4.78, 5) is 0. The van der Waals surface area contributed by atoms with Gasteiger partial charge in [-0.2, -0.15) is 0 Å². The zero-order valence-corrected chi connectivity index (χ0v) is 8.01. The Bertz CT molecular complexity index is 122. The summed E-state index contributed by atoms with van der Waals surface area (Å²) in [6.45, 7) is 10.3. The second-order valence-electron chi connectivity index (χ2n) is 3.29. The highest BCUT2D eigenvalue weighted by Crippen LogP contribution is 2.13. The van der Waals surface area contributed by atoms with Gasteiger partial charge in [-0.05, 0) is 31.6 Å². The molecule has 0 radical (unpaired) electrons. The lowest BCUT2D eigenvalue weighted by atomic mass is 9.98. The minimum absolute atomic E-state index is 0.669. The summed E-state index contributed by atoms with van der Waals surface area (Å²) in [7, 11) is 0. The third-order valence-corrected chi connectivity index (χ3v) is 2.00. The molecule has 0 aliphatic carbocycles. The van der Waals surface area contributed by atoms with Crippen LogP contribution in [0.1, 0.15) is 33.6 Å². The fourth-order valence-corrected chi connectivity index (χ4v) is 1.07. The van der Waals surface area contributed by atoms with Gasteiger partial charge in [-0.3, -0.25) is 0 Å². The monoisotopic (exact) mass is 152 g/mol. The lowest BCUT2D eigenvalue weighted by Gasteiger charge is -2.08. The lowest BCUT2D eigenvalue weighted by molar-refractivity contribution is 0.535. The summed E-state index contributed by atoms with van der Waals surface area (Å²) in [6.07, 6.45) is 8.95. The largest absolute Gasteiger partial charge is 0.103 e. The molecule has 0 fully saturated rings. The van der Waals surface area contributed by atoms with Gasteiger partial charge >= 0.3 is 0 Å². The fourth-order valence-electron chi connectivity index (χ4n) is 1.07. The Morgan fingerprint density at radius 2 is 1.73 bits per heavy atom. The molecule has 11 heavy (non-hydrogen) atoms. The van der Waals surface area contributed by atoms with Crippen molar-refractivity contribution in [2.75, 3.05) is 0 Å². The molecule has 0 nitrogen and oxygen atoms in total. The van der Waals surface area contributed by atoms with Gasteiger partial charge in [0.1, 0.15) is 0 Å². The Hall–Kier alpha value is -0.520. The molecule has 0 heteroatoms. The molecule has 64 valence electrons. The quantitative estimate of drug-likeness (QED) is 0.526. The molecule has 0 N–H and O–H groups in total. The first-order chi connectivity index (χ1) is 5.20. The van der Waals surface area contributed by atoms with E-state index in [-0.39, 0.29) is 0 Å². The molecule has 0 rings (SSSR count). The van der Waals surface area contributed by atoms with Gasteiger partial charge < -0.3 is 0 Å². The Labute approximate surface area is 71.0 Å². The first-order valence-corrected chi connectivity index (χ1v) is 4.46. The second-order valence-corrected chi connectivity index (χ2v) is 3.29. The van der Waals surface area contributed by atoms with Crippen molar-refractivity contribution in [3.63, 3.8) is 0 Å². The van der Waals surface area contributed by atoms with Crippen molar-refractivity contribution in [3.05, 3.63) is 24.8 Å². The standard InChI is InChI=1S/C11H20/c1-5-7-11(4)9-8-10(3)6-2/h5-7,10-11H,2,8-9H2,1,3-4H3/b7-5+. The Morgan fingerprint density at radius 1 is 1.18 bits per heavy atom. The first kappa shape index (κ1) is 10.5. The number of allylic oxidation sites excluding steroid dienone is 3. The van der Waals surface area contributed by atoms with E-state index >= 15 is 0 Å². The van der Waals surface area contributed by atoms with Crippen LogP contribution in [0.2, 0.25) is 0 Å². The number of hydrogen-bond donors (Lipinski definition) is 0. The maximum atomic E-state index is 3.77. The molecule has 0 aromatic carbocycles. The van der Waals surface area contributed by atoms with E-state index in [0.29, 0.717) is 5.92 Å². The van der Waals surface area contributed by atoms with Crippen LogP contribution in [0.4, 0.5) is 0 Å². The van der Waals surface area contributed by atoms with Crippen molar-refractivity contribution in [2.45, 2.75) is 33.6 Å². The third kappa shape index (κ3) is 5.90.